The molecule has 0 saturated heterocycles. The SMILES string of the molecule is C=CC(CC=O)C(C(=O)O)N(C)C. The van der Waals surface area contributed by atoms with E-state index in [9.17, 15) is 9.59 Å². The zero-order chi connectivity index (χ0) is 10.4. The van der Waals surface area contributed by atoms with Gasteiger partial charge in [-0.3, -0.25) is 9.69 Å². The van der Waals surface area contributed by atoms with E-state index in [0.717, 1.165) is 0 Å². The van der Waals surface area contributed by atoms with Crippen LogP contribution in [0, 0.1) is 5.92 Å². The van der Waals surface area contributed by atoms with Crippen LogP contribution in [0.25, 0.3) is 0 Å². The molecule has 0 amide bonds. The van der Waals surface area contributed by atoms with Crippen LogP contribution in [0.15, 0.2) is 12.7 Å². The number of rotatable bonds is 6. The summed E-state index contributed by atoms with van der Waals surface area (Å²) in [5, 5.41) is 8.87. The number of aldehydes is 1. The third kappa shape index (κ3) is 3.38. The molecule has 0 fully saturated rings. The Balaban J connectivity index is 4.57. The molecule has 0 bridgehead atoms. The van der Waals surface area contributed by atoms with Crippen molar-refractivity contribution < 1.29 is 14.7 Å². The first kappa shape index (κ1) is 11.8. The lowest BCUT2D eigenvalue weighted by Crippen LogP contribution is -2.41. The average Bonchev–Trinajstić information content (AvgIpc) is 2.02. The number of hydrogen-bond donors (Lipinski definition) is 1. The van der Waals surface area contributed by atoms with Gasteiger partial charge in [0, 0.05) is 12.3 Å². The monoisotopic (exact) mass is 185 g/mol. The zero-order valence-corrected chi connectivity index (χ0v) is 7.93. The van der Waals surface area contributed by atoms with Crippen LogP contribution in [0.3, 0.4) is 0 Å². The van der Waals surface area contributed by atoms with E-state index < -0.39 is 12.0 Å². The van der Waals surface area contributed by atoms with Gasteiger partial charge in [-0.05, 0) is 14.1 Å². The fourth-order valence-corrected chi connectivity index (χ4v) is 1.25. The molecule has 0 aromatic rings. The number of likely N-dealkylation sites (N-methyl/N-ethyl adjacent to an activating group) is 1. The Morgan fingerprint density at radius 1 is 1.62 bits per heavy atom. The summed E-state index contributed by atoms with van der Waals surface area (Å²) < 4.78 is 0. The Bertz CT molecular complexity index is 201. The molecule has 13 heavy (non-hydrogen) atoms. The van der Waals surface area contributed by atoms with Crippen molar-refractivity contribution in [1.29, 1.82) is 0 Å². The van der Waals surface area contributed by atoms with E-state index in [0.29, 0.717) is 6.29 Å². The summed E-state index contributed by atoms with van der Waals surface area (Å²) in [7, 11) is 3.33. The molecule has 4 nitrogen and oxygen atoms in total. The highest BCUT2D eigenvalue weighted by atomic mass is 16.4. The number of carbonyl (C=O) groups is 2. The lowest BCUT2D eigenvalue weighted by Gasteiger charge is -2.25. The third-order valence-electron chi connectivity index (χ3n) is 1.89. The quantitative estimate of drug-likeness (QED) is 0.480. The van der Waals surface area contributed by atoms with Crippen molar-refractivity contribution in [3.63, 3.8) is 0 Å². The van der Waals surface area contributed by atoms with Crippen LogP contribution in [-0.4, -0.2) is 42.4 Å². The van der Waals surface area contributed by atoms with Crippen LogP contribution in [-0.2, 0) is 9.59 Å². The molecule has 0 radical (unpaired) electrons. The second kappa shape index (κ2) is 5.48. The molecule has 0 aliphatic heterocycles. The number of aliphatic carboxylic acids is 1. The van der Waals surface area contributed by atoms with Crippen molar-refractivity contribution in [2.75, 3.05) is 14.1 Å². The van der Waals surface area contributed by atoms with E-state index in [-0.39, 0.29) is 12.3 Å². The van der Waals surface area contributed by atoms with Crippen molar-refractivity contribution >= 4 is 12.3 Å². The highest BCUT2D eigenvalue weighted by molar-refractivity contribution is 5.74. The van der Waals surface area contributed by atoms with E-state index in [1.807, 2.05) is 0 Å². The van der Waals surface area contributed by atoms with Gasteiger partial charge in [-0.2, -0.15) is 0 Å². The standard InChI is InChI=1S/C9H15NO3/c1-4-7(5-6-11)8(9(12)13)10(2)3/h4,6-8H,1,5H2,2-3H3,(H,12,13). The van der Waals surface area contributed by atoms with Crippen molar-refractivity contribution in [2.45, 2.75) is 12.5 Å². The van der Waals surface area contributed by atoms with Gasteiger partial charge in [-0.1, -0.05) is 6.08 Å². The van der Waals surface area contributed by atoms with E-state index in [4.69, 9.17) is 5.11 Å². The minimum Gasteiger partial charge on any atom is -0.480 e. The Morgan fingerprint density at radius 3 is 2.38 bits per heavy atom. The van der Waals surface area contributed by atoms with Crippen LogP contribution >= 0.6 is 0 Å². The lowest BCUT2D eigenvalue weighted by molar-refractivity contribution is -0.143. The maximum absolute atomic E-state index is 10.8. The molecule has 0 aliphatic rings. The average molecular weight is 185 g/mol. The fraction of sp³-hybridized carbons (Fsp3) is 0.556. The Kier molecular flexibility index (Phi) is 4.99. The molecule has 74 valence electrons. The molecule has 2 unspecified atom stereocenters. The molecule has 0 spiro atoms. The van der Waals surface area contributed by atoms with Gasteiger partial charge in [0.05, 0.1) is 0 Å². The van der Waals surface area contributed by atoms with Gasteiger partial charge >= 0.3 is 5.97 Å². The molecule has 0 aliphatic carbocycles. The maximum atomic E-state index is 10.8. The van der Waals surface area contributed by atoms with Crippen LogP contribution in [0.1, 0.15) is 6.42 Å². The van der Waals surface area contributed by atoms with E-state index in [1.54, 1.807) is 19.0 Å². The van der Waals surface area contributed by atoms with E-state index in [1.165, 1.54) is 6.08 Å². The second-order valence-electron chi connectivity index (χ2n) is 3.05. The number of hydrogen-bond acceptors (Lipinski definition) is 3. The van der Waals surface area contributed by atoms with E-state index >= 15 is 0 Å². The highest BCUT2D eigenvalue weighted by Crippen LogP contribution is 2.13. The predicted octanol–water partition coefficient (Wildman–Crippen LogP) is 0.392. The van der Waals surface area contributed by atoms with Crippen LogP contribution in [0.2, 0.25) is 0 Å². The van der Waals surface area contributed by atoms with Gasteiger partial charge in [0.1, 0.15) is 12.3 Å². The normalized spacial score (nSPS) is 15.0. The van der Waals surface area contributed by atoms with Crippen molar-refractivity contribution in [1.82, 2.24) is 4.90 Å². The maximum Gasteiger partial charge on any atom is 0.321 e. The summed E-state index contributed by atoms with van der Waals surface area (Å²) in [6.45, 7) is 3.52. The molecule has 2 atom stereocenters. The molecule has 0 aromatic heterocycles. The fourth-order valence-electron chi connectivity index (χ4n) is 1.25. The predicted molar refractivity (Wildman–Crippen MR) is 49.5 cm³/mol. The van der Waals surface area contributed by atoms with Gasteiger partial charge in [-0.15, -0.1) is 6.58 Å². The molecular formula is C9H15NO3. The van der Waals surface area contributed by atoms with Crippen LogP contribution in [0.5, 0.6) is 0 Å². The third-order valence-corrected chi connectivity index (χ3v) is 1.89. The zero-order valence-electron chi connectivity index (χ0n) is 7.93. The van der Waals surface area contributed by atoms with Gasteiger partial charge in [0.2, 0.25) is 0 Å². The number of nitrogens with zero attached hydrogens (tertiary/aromatic N) is 1. The van der Waals surface area contributed by atoms with Gasteiger partial charge in [0.15, 0.2) is 0 Å². The number of carboxylic acids is 1. The van der Waals surface area contributed by atoms with Crippen molar-refractivity contribution in [3.05, 3.63) is 12.7 Å². The summed E-state index contributed by atoms with van der Waals surface area (Å²) in [5.41, 5.74) is 0. The first-order valence-corrected chi connectivity index (χ1v) is 4.00. The molecule has 0 aromatic carbocycles. The topological polar surface area (TPSA) is 57.6 Å². The van der Waals surface area contributed by atoms with Crippen LogP contribution in [0.4, 0.5) is 0 Å². The van der Waals surface area contributed by atoms with E-state index in [2.05, 4.69) is 6.58 Å². The van der Waals surface area contributed by atoms with Gasteiger partial charge in [-0.25, -0.2) is 0 Å². The molecule has 4 heteroatoms. The second-order valence-corrected chi connectivity index (χ2v) is 3.05. The molecule has 0 heterocycles. The Morgan fingerprint density at radius 2 is 2.15 bits per heavy atom. The lowest BCUT2D eigenvalue weighted by atomic mass is 9.96. The summed E-state index contributed by atoms with van der Waals surface area (Å²) >= 11 is 0. The largest absolute Gasteiger partial charge is 0.480 e. The first-order chi connectivity index (χ1) is 6.04. The van der Waals surface area contributed by atoms with Crippen molar-refractivity contribution in [3.8, 4) is 0 Å². The minimum absolute atomic E-state index is 0.193. The van der Waals surface area contributed by atoms with Crippen molar-refractivity contribution in [2.24, 2.45) is 5.92 Å². The van der Waals surface area contributed by atoms with Crippen LogP contribution < -0.4 is 0 Å². The smallest absolute Gasteiger partial charge is 0.321 e. The molecule has 1 N–H and O–H groups in total. The molecular weight excluding hydrogens is 170 g/mol. The summed E-state index contributed by atoms with van der Waals surface area (Å²) in [4.78, 5) is 22.6. The highest BCUT2D eigenvalue weighted by Gasteiger charge is 2.27. The summed E-state index contributed by atoms with van der Waals surface area (Å²) in [6, 6.07) is -0.678. The summed E-state index contributed by atoms with van der Waals surface area (Å²) in [6.07, 6.45) is 2.41. The minimum atomic E-state index is -0.934. The Hall–Kier alpha value is -1.16. The summed E-state index contributed by atoms with van der Waals surface area (Å²) in [5.74, 6) is -1.26. The van der Waals surface area contributed by atoms with Gasteiger partial charge in [0.25, 0.3) is 0 Å². The number of carboxylic acid groups (broad SMARTS) is 1. The first-order valence-electron chi connectivity index (χ1n) is 4.00. The molecule has 0 saturated carbocycles. The Labute approximate surface area is 77.8 Å². The van der Waals surface area contributed by atoms with Gasteiger partial charge < -0.3 is 9.90 Å². The molecule has 0 rings (SSSR count). The number of carbonyl (C=O) groups excluding carboxylic acids is 1.